The van der Waals surface area contributed by atoms with Crippen molar-refractivity contribution in [1.29, 1.82) is 0 Å². The maximum Gasteiger partial charge on any atom is 0.401 e. The minimum atomic E-state index is -4.33. The molecule has 0 saturated carbocycles. The number of methoxy groups -OCH3 is 1. The van der Waals surface area contributed by atoms with Crippen LogP contribution in [0, 0.1) is 0 Å². The molecular weight excluding hydrogens is 223 g/mol. The van der Waals surface area contributed by atoms with Gasteiger partial charge >= 0.3 is 12.1 Å². The Morgan fingerprint density at radius 1 is 1.31 bits per heavy atom. The number of esters is 1. The number of nitrogens with one attached hydrogen (secondary N) is 1. The number of ether oxygens (including phenoxy) is 1. The lowest BCUT2D eigenvalue weighted by atomic mass is 9.90. The van der Waals surface area contributed by atoms with Crippen molar-refractivity contribution in [3.05, 3.63) is 0 Å². The van der Waals surface area contributed by atoms with E-state index in [2.05, 4.69) is 10.1 Å². The van der Waals surface area contributed by atoms with Gasteiger partial charge in [-0.1, -0.05) is 20.3 Å². The number of carbonyl (C=O) groups is 1. The number of alkyl halides is 3. The van der Waals surface area contributed by atoms with Crippen LogP contribution in [0.5, 0.6) is 0 Å². The second-order valence-electron chi connectivity index (χ2n) is 3.65. The number of hydrogen-bond donors (Lipinski definition) is 1. The summed E-state index contributed by atoms with van der Waals surface area (Å²) in [5.74, 6) is -0.638. The van der Waals surface area contributed by atoms with Crippen molar-refractivity contribution in [2.45, 2.75) is 44.8 Å². The monoisotopic (exact) mass is 241 g/mol. The highest BCUT2D eigenvalue weighted by atomic mass is 19.4. The normalized spacial score (nSPS) is 15.6. The Kier molecular flexibility index (Phi) is 5.78. The van der Waals surface area contributed by atoms with Gasteiger partial charge in [-0.3, -0.25) is 10.1 Å². The van der Waals surface area contributed by atoms with E-state index in [4.69, 9.17) is 0 Å². The molecule has 3 nitrogen and oxygen atoms in total. The van der Waals surface area contributed by atoms with Crippen LogP contribution in [0.1, 0.15) is 33.1 Å². The summed E-state index contributed by atoms with van der Waals surface area (Å²) >= 11 is 0. The molecule has 0 rings (SSSR count). The summed E-state index contributed by atoms with van der Waals surface area (Å²) in [5.41, 5.74) is -1.22. The Bertz CT molecular complexity index is 231. The van der Waals surface area contributed by atoms with Crippen LogP contribution in [0.25, 0.3) is 0 Å². The summed E-state index contributed by atoms with van der Waals surface area (Å²) < 4.78 is 40.9. The molecule has 0 aliphatic carbocycles. The zero-order valence-corrected chi connectivity index (χ0v) is 9.78. The summed E-state index contributed by atoms with van der Waals surface area (Å²) in [6.07, 6.45) is -3.13. The maximum absolute atomic E-state index is 12.1. The van der Waals surface area contributed by atoms with E-state index in [1.807, 2.05) is 6.92 Å². The number of halogens is 3. The van der Waals surface area contributed by atoms with Crippen LogP contribution >= 0.6 is 0 Å². The first kappa shape index (κ1) is 15.2. The Balaban J connectivity index is 4.70. The Hall–Kier alpha value is -0.780. The fourth-order valence-electron chi connectivity index (χ4n) is 1.60. The van der Waals surface area contributed by atoms with E-state index in [0.717, 1.165) is 0 Å². The van der Waals surface area contributed by atoms with E-state index in [9.17, 15) is 18.0 Å². The van der Waals surface area contributed by atoms with Crippen molar-refractivity contribution in [3.8, 4) is 0 Å². The van der Waals surface area contributed by atoms with Gasteiger partial charge in [0.25, 0.3) is 0 Å². The SMILES string of the molecule is CCCC(CC)(NCC(F)(F)F)C(=O)OC. The molecule has 0 aliphatic heterocycles. The highest BCUT2D eigenvalue weighted by Gasteiger charge is 2.40. The van der Waals surface area contributed by atoms with E-state index in [0.29, 0.717) is 12.8 Å². The highest BCUT2D eigenvalue weighted by Crippen LogP contribution is 2.22. The van der Waals surface area contributed by atoms with Crippen molar-refractivity contribution >= 4 is 5.97 Å². The van der Waals surface area contributed by atoms with Gasteiger partial charge in [0.15, 0.2) is 0 Å². The molecule has 0 aromatic carbocycles. The Labute approximate surface area is 93.3 Å². The lowest BCUT2D eigenvalue weighted by Gasteiger charge is -2.31. The van der Waals surface area contributed by atoms with Crippen LogP contribution in [0.15, 0.2) is 0 Å². The molecular formula is C10H18F3NO2. The zero-order chi connectivity index (χ0) is 12.8. The van der Waals surface area contributed by atoms with Crippen LogP contribution in [0.2, 0.25) is 0 Å². The summed E-state index contributed by atoms with van der Waals surface area (Å²) in [6, 6.07) is 0. The van der Waals surface area contributed by atoms with Gasteiger partial charge in [-0.15, -0.1) is 0 Å². The third kappa shape index (κ3) is 4.38. The molecule has 6 heteroatoms. The molecule has 0 bridgehead atoms. The molecule has 0 spiro atoms. The molecule has 16 heavy (non-hydrogen) atoms. The highest BCUT2D eigenvalue weighted by molar-refractivity contribution is 5.80. The zero-order valence-electron chi connectivity index (χ0n) is 9.78. The Morgan fingerprint density at radius 3 is 2.19 bits per heavy atom. The molecule has 0 aromatic heterocycles. The lowest BCUT2D eigenvalue weighted by Crippen LogP contribution is -2.54. The fourth-order valence-corrected chi connectivity index (χ4v) is 1.60. The average molecular weight is 241 g/mol. The molecule has 96 valence electrons. The smallest absolute Gasteiger partial charge is 0.401 e. The topological polar surface area (TPSA) is 38.3 Å². The van der Waals surface area contributed by atoms with Crippen LogP contribution in [0.3, 0.4) is 0 Å². The van der Waals surface area contributed by atoms with E-state index >= 15 is 0 Å². The molecule has 1 unspecified atom stereocenters. The predicted octanol–water partition coefficient (Wildman–Crippen LogP) is 2.26. The molecule has 0 amide bonds. The standard InChI is InChI=1S/C10H18F3NO2/c1-4-6-9(5-2,8(15)16-3)14-7-10(11,12)13/h14H,4-7H2,1-3H3. The van der Waals surface area contributed by atoms with E-state index in [1.165, 1.54) is 7.11 Å². The minimum absolute atomic E-state index is 0.267. The number of hydrogen-bond acceptors (Lipinski definition) is 3. The summed E-state index contributed by atoms with van der Waals surface area (Å²) in [6.45, 7) is 2.29. The molecule has 0 saturated heterocycles. The third-order valence-electron chi connectivity index (χ3n) is 2.48. The number of carbonyl (C=O) groups excluding carboxylic acids is 1. The fraction of sp³-hybridized carbons (Fsp3) is 0.900. The quantitative estimate of drug-likeness (QED) is 0.725. The van der Waals surface area contributed by atoms with E-state index in [1.54, 1.807) is 6.92 Å². The van der Waals surface area contributed by atoms with Crippen molar-refractivity contribution in [1.82, 2.24) is 5.32 Å². The van der Waals surface area contributed by atoms with Gasteiger partial charge in [-0.2, -0.15) is 13.2 Å². The van der Waals surface area contributed by atoms with Crippen molar-refractivity contribution in [3.63, 3.8) is 0 Å². The molecule has 0 heterocycles. The van der Waals surface area contributed by atoms with Crippen molar-refractivity contribution in [2.24, 2.45) is 0 Å². The predicted molar refractivity (Wildman–Crippen MR) is 54.0 cm³/mol. The second kappa shape index (κ2) is 6.08. The summed E-state index contributed by atoms with van der Waals surface area (Å²) in [7, 11) is 1.18. The van der Waals surface area contributed by atoms with E-state index < -0.39 is 24.2 Å². The van der Waals surface area contributed by atoms with Crippen molar-refractivity contribution in [2.75, 3.05) is 13.7 Å². The summed E-state index contributed by atoms with van der Waals surface area (Å²) in [4.78, 5) is 11.5. The first-order chi connectivity index (χ1) is 7.31. The van der Waals surface area contributed by atoms with Gasteiger partial charge < -0.3 is 4.74 Å². The molecule has 0 radical (unpaired) electrons. The molecule has 0 fully saturated rings. The van der Waals surface area contributed by atoms with Crippen molar-refractivity contribution < 1.29 is 22.7 Å². The Morgan fingerprint density at radius 2 is 1.88 bits per heavy atom. The first-order valence-corrected chi connectivity index (χ1v) is 5.21. The van der Waals surface area contributed by atoms with Gasteiger partial charge in [-0.25, -0.2) is 0 Å². The molecule has 1 atom stereocenters. The van der Waals surface area contributed by atoms with Gasteiger partial charge in [0, 0.05) is 0 Å². The lowest BCUT2D eigenvalue weighted by molar-refractivity contribution is -0.154. The van der Waals surface area contributed by atoms with Crippen LogP contribution in [0.4, 0.5) is 13.2 Å². The van der Waals surface area contributed by atoms with Crippen LogP contribution in [-0.4, -0.2) is 31.3 Å². The third-order valence-corrected chi connectivity index (χ3v) is 2.48. The maximum atomic E-state index is 12.1. The summed E-state index contributed by atoms with van der Waals surface area (Å²) in [5, 5.41) is 2.27. The van der Waals surface area contributed by atoms with Gasteiger partial charge in [0.2, 0.25) is 0 Å². The molecule has 0 aromatic rings. The second-order valence-corrected chi connectivity index (χ2v) is 3.65. The number of rotatable bonds is 6. The molecule has 0 aliphatic rings. The van der Waals surface area contributed by atoms with Gasteiger partial charge in [-0.05, 0) is 12.8 Å². The van der Waals surface area contributed by atoms with Crippen LogP contribution < -0.4 is 5.32 Å². The van der Waals surface area contributed by atoms with Gasteiger partial charge in [0.05, 0.1) is 13.7 Å². The van der Waals surface area contributed by atoms with E-state index in [-0.39, 0.29) is 6.42 Å². The molecule has 1 N–H and O–H groups in total. The van der Waals surface area contributed by atoms with Gasteiger partial charge in [0.1, 0.15) is 5.54 Å². The minimum Gasteiger partial charge on any atom is -0.468 e. The van der Waals surface area contributed by atoms with Crippen LogP contribution in [-0.2, 0) is 9.53 Å². The average Bonchev–Trinajstić information content (AvgIpc) is 2.22. The first-order valence-electron chi connectivity index (χ1n) is 5.21. The largest absolute Gasteiger partial charge is 0.468 e.